The van der Waals surface area contributed by atoms with Crippen molar-refractivity contribution in [2.45, 2.75) is 6.92 Å². The first-order valence-electron chi connectivity index (χ1n) is 5.86. The fraction of sp³-hybridized carbons (Fsp3) is 0.143. The molecule has 2 aromatic rings. The molecule has 0 radical (unpaired) electrons. The summed E-state index contributed by atoms with van der Waals surface area (Å²) in [5, 5.41) is 0. The Labute approximate surface area is 115 Å². The molecule has 0 aliphatic carbocycles. The van der Waals surface area contributed by atoms with Crippen LogP contribution < -0.4 is 0 Å². The van der Waals surface area contributed by atoms with Gasteiger partial charge in [-0.1, -0.05) is 6.07 Å². The van der Waals surface area contributed by atoms with E-state index in [1.54, 1.807) is 37.4 Å². The fourth-order valence-corrected chi connectivity index (χ4v) is 1.76. The van der Waals surface area contributed by atoms with Gasteiger partial charge in [0.2, 0.25) is 0 Å². The van der Waals surface area contributed by atoms with E-state index in [1.165, 1.54) is 7.11 Å². The minimum absolute atomic E-state index is 0.171. The zero-order chi connectivity index (χ0) is 14.5. The number of aryl methyl sites for hydroxylation is 1. The summed E-state index contributed by atoms with van der Waals surface area (Å²) in [7, 11) is 1.22. The summed E-state index contributed by atoms with van der Waals surface area (Å²) in [4.78, 5) is 23.1. The molecule has 0 fully saturated rings. The highest BCUT2D eigenvalue weighted by Crippen LogP contribution is 2.17. The highest BCUT2D eigenvalue weighted by atomic mass is 16.5. The lowest BCUT2D eigenvalue weighted by atomic mass is 10.1. The molecule has 0 unspecified atom stereocenters. The summed E-state index contributed by atoms with van der Waals surface area (Å²) in [5.41, 5.74) is 11.2. The second-order valence-corrected chi connectivity index (χ2v) is 4.04. The second kappa shape index (κ2) is 5.86. The molecule has 6 nitrogen and oxygen atoms in total. The molecule has 0 aliphatic rings. The Balaban J connectivity index is 2.55. The molecule has 0 atom stereocenters. The maximum atomic E-state index is 11.6. The standard InChI is InChI=1S/C14H12N4O2/c1-9-7-10(13(18-15)14(19)20-2)8-12(17-9)11-5-3-4-6-16-11/h3-8H,1-2H3. The minimum atomic E-state index is -0.718. The predicted molar refractivity (Wildman–Crippen MR) is 71.9 cm³/mol. The third-order valence-corrected chi connectivity index (χ3v) is 2.63. The van der Waals surface area contributed by atoms with Gasteiger partial charge in [-0.25, -0.2) is 4.79 Å². The van der Waals surface area contributed by atoms with Crippen molar-refractivity contribution in [1.29, 1.82) is 0 Å². The van der Waals surface area contributed by atoms with Gasteiger partial charge in [0.25, 0.3) is 0 Å². The van der Waals surface area contributed by atoms with Gasteiger partial charge in [0.05, 0.1) is 24.1 Å². The van der Waals surface area contributed by atoms with E-state index in [2.05, 4.69) is 19.5 Å². The molecule has 20 heavy (non-hydrogen) atoms. The van der Waals surface area contributed by atoms with Crippen molar-refractivity contribution in [3.05, 3.63) is 53.3 Å². The van der Waals surface area contributed by atoms with Gasteiger partial charge in [0.1, 0.15) is 0 Å². The van der Waals surface area contributed by atoms with Crippen molar-refractivity contribution in [3.63, 3.8) is 0 Å². The van der Waals surface area contributed by atoms with Gasteiger partial charge in [0, 0.05) is 11.9 Å². The molecule has 2 rings (SSSR count). The first-order valence-corrected chi connectivity index (χ1v) is 5.86. The molecule has 0 saturated carbocycles. The van der Waals surface area contributed by atoms with Crippen molar-refractivity contribution in [2.24, 2.45) is 0 Å². The van der Waals surface area contributed by atoms with Crippen molar-refractivity contribution < 1.29 is 14.3 Å². The summed E-state index contributed by atoms with van der Waals surface area (Å²) in [6, 6.07) is 8.71. The van der Waals surface area contributed by atoms with Crippen LogP contribution >= 0.6 is 0 Å². The van der Waals surface area contributed by atoms with Crippen molar-refractivity contribution in [3.8, 4) is 11.4 Å². The van der Waals surface area contributed by atoms with E-state index in [0.29, 0.717) is 22.6 Å². The van der Waals surface area contributed by atoms with Gasteiger partial charge in [-0.15, -0.1) is 0 Å². The molecule has 100 valence electrons. The number of ether oxygens (including phenoxy) is 1. The Morgan fingerprint density at radius 2 is 2.10 bits per heavy atom. The molecule has 0 saturated heterocycles. The number of esters is 1. The van der Waals surface area contributed by atoms with Crippen LogP contribution in [0.5, 0.6) is 0 Å². The Bertz CT molecular complexity index is 692. The Hall–Kier alpha value is -2.85. The molecule has 0 spiro atoms. The second-order valence-electron chi connectivity index (χ2n) is 4.04. The molecule has 0 aromatic carbocycles. The van der Waals surface area contributed by atoms with E-state index in [4.69, 9.17) is 5.53 Å². The van der Waals surface area contributed by atoms with Crippen molar-refractivity contribution in [1.82, 2.24) is 9.97 Å². The molecule has 2 aromatic heterocycles. The van der Waals surface area contributed by atoms with E-state index in [0.717, 1.165) is 0 Å². The summed E-state index contributed by atoms with van der Waals surface area (Å²) in [5.74, 6) is -0.718. The average molecular weight is 268 g/mol. The number of hydrogen-bond donors (Lipinski definition) is 0. The SMILES string of the molecule is COC(=O)C(=[N+]=[N-])c1cc(C)nc(-c2ccccn2)c1. The first-order chi connectivity index (χ1) is 9.65. The summed E-state index contributed by atoms with van der Waals surface area (Å²) in [6.07, 6.45) is 1.65. The van der Waals surface area contributed by atoms with E-state index in [1.807, 2.05) is 6.07 Å². The van der Waals surface area contributed by atoms with Crippen LogP contribution in [0, 0.1) is 6.92 Å². The van der Waals surface area contributed by atoms with Gasteiger partial charge in [-0.2, -0.15) is 4.79 Å². The third kappa shape index (κ3) is 2.76. The van der Waals surface area contributed by atoms with Crippen LogP contribution in [0.25, 0.3) is 16.9 Å². The molecule has 6 heteroatoms. The van der Waals surface area contributed by atoms with Gasteiger partial charge in [0.15, 0.2) is 0 Å². The third-order valence-electron chi connectivity index (χ3n) is 2.63. The van der Waals surface area contributed by atoms with Gasteiger partial charge in [-0.05, 0) is 31.2 Å². The van der Waals surface area contributed by atoms with Crippen LogP contribution in [-0.2, 0) is 9.53 Å². The number of carbonyl (C=O) groups is 1. The average Bonchev–Trinajstić information content (AvgIpc) is 2.48. The van der Waals surface area contributed by atoms with Crippen LogP contribution in [0.15, 0.2) is 36.5 Å². The lowest BCUT2D eigenvalue weighted by Crippen LogP contribution is -2.18. The maximum absolute atomic E-state index is 11.6. The summed E-state index contributed by atoms with van der Waals surface area (Å²) >= 11 is 0. The Morgan fingerprint density at radius 3 is 2.70 bits per heavy atom. The van der Waals surface area contributed by atoms with Crippen LogP contribution in [0.2, 0.25) is 0 Å². The van der Waals surface area contributed by atoms with Gasteiger partial charge >= 0.3 is 11.7 Å². The first kappa shape index (κ1) is 13.6. The van der Waals surface area contributed by atoms with E-state index in [9.17, 15) is 4.79 Å². The summed E-state index contributed by atoms with van der Waals surface area (Å²) < 4.78 is 4.58. The van der Waals surface area contributed by atoms with Gasteiger partial charge < -0.3 is 10.3 Å². The number of aromatic nitrogens is 2. The van der Waals surface area contributed by atoms with Crippen LogP contribution in [0.4, 0.5) is 0 Å². The molecule has 0 N–H and O–H groups in total. The lowest BCUT2D eigenvalue weighted by Gasteiger charge is -2.03. The molecule has 0 bridgehead atoms. The molecule has 0 aliphatic heterocycles. The number of carbonyl (C=O) groups excluding carboxylic acids is 1. The quantitative estimate of drug-likeness (QED) is 0.366. The minimum Gasteiger partial charge on any atom is -0.460 e. The topological polar surface area (TPSA) is 88.5 Å². The van der Waals surface area contributed by atoms with Gasteiger partial charge in [-0.3, -0.25) is 9.97 Å². The Morgan fingerprint density at radius 1 is 1.30 bits per heavy atom. The zero-order valence-corrected chi connectivity index (χ0v) is 11.1. The van der Waals surface area contributed by atoms with Crippen molar-refractivity contribution in [2.75, 3.05) is 7.11 Å². The molecule has 2 heterocycles. The largest absolute Gasteiger partial charge is 0.460 e. The number of nitrogens with zero attached hydrogens (tertiary/aromatic N) is 4. The highest BCUT2D eigenvalue weighted by molar-refractivity contribution is 6.40. The fourth-order valence-electron chi connectivity index (χ4n) is 1.76. The van der Waals surface area contributed by atoms with E-state index >= 15 is 0 Å². The highest BCUT2D eigenvalue weighted by Gasteiger charge is 2.24. The van der Waals surface area contributed by atoms with Crippen LogP contribution in [0.3, 0.4) is 0 Å². The predicted octanol–water partition coefficient (Wildman–Crippen LogP) is 1.64. The van der Waals surface area contributed by atoms with E-state index < -0.39 is 5.97 Å². The van der Waals surface area contributed by atoms with Crippen molar-refractivity contribution >= 4 is 11.7 Å². The molecular formula is C14H12N4O2. The zero-order valence-electron chi connectivity index (χ0n) is 11.1. The van der Waals surface area contributed by atoms with Crippen LogP contribution in [0.1, 0.15) is 11.3 Å². The summed E-state index contributed by atoms with van der Waals surface area (Å²) in [6.45, 7) is 1.78. The Kier molecular flexibility index (Phi) is 3.98. The monoisotopic (exact) mass is 268 g/mol. The van der Waals surface area contributed by atoms with E-state index in [-0.39, 0.29) is 5.71 Å². The normalized spacial score (nSPS) is 9.70. The lowest BCUT2D eigenvalue weighted by molar-refractivity contribution is -0.137. The maximum Gasteiger partial charge on any atom is 0.422 e. The molecule has 0 amide bonds. The smallest absolute Gasteiger partial charge is 0.422 e. The number of pyridine rings is 2. The van der Waals surface area contributed by atoms with Crippen LogP contribution in [-0.4, -0.2) is 33.5 Å². The molecular weight excluding hydrogens is 256 g/mol. The number of hydrogen-bond acceptors (Lipinski definition) is 4. The number of rotatable bonds is 3. The number of methoxy groups -OCH3 is 1.